The Kier molecular flexibility index (Phi) is 9.56. The molecule has 0 bridgehead atoms. The van der Waals surface area contributed by atoms with Gasteiger partial charge in [0.25, 0.3) is 0 Å². The van der Waals surface area contributed by atoms with Crippen LogP contribution in [-0.2, 0) is 14.3 Å². The van der Waals surface area contributed by atoms with Gasteiger partial charge in [-0.2, -0.15) is 0 Å². The monoisotopic (exact) mass is 370 g/mol. The smallest absolute Gasteiger partial charge is 0.410 e. The minimum atomic E-state index is -1.18. The standard InChI is InChI=1S/C19H34N2O5/c1-10-25-16(13(4)20-14(5)17(22)23)11-15(12(2)3)21(9)18(24)26-19(6,7)8/h12,15-16H,5,10-11H2,1-4,6-9H3,(H,22,23)/b20-13+/t15-,16+/m0/s1. The number of aliphatic imine (C=N–C) groups is 1. The fraction of sp³-hybridized carbons (Fsp3) is 0.737. The number of carboxylic acid groups (broad SMARTS) is 1. The first-order valence-electron chi connectivity index (χ1n) is 8.84. The van der Waals surface area contributed by atoms with Crippen LogP contribution in [0, 0.1) is 5.92 Å². The summed E-state index contributed by atoms with van der Waals surface area (Å²) in [6.07, 6.45) is -0.354. The number of carboxylic acids is 1. The summed E-state index contributed by atoms with van der Waals surface area (Å²) in [6.45, 7) is 16.9. The lowest BCUT2D eigenvalue weighted by Crippen LogP contribution is -2.46. The second-order valence-electron chi connectivity index (χ2n) is 7.59. The van der Waals surface area contributed by atoms with E-state index in [1.807, 2.05) is 41.5 Å². The molecule has 0 aliphatic carbocycles. The summed E-state index contributed by atoms with van der Waals surface area (Å²) >= 11 is 0. The van der Waals surface area contributed by atoms with Crippen molar-refractivity contribution in [2.24, 2.45) is 10.9 Å². The van der Waals surface area contributed by atoms with E-state index in [1.54, 1.807) is 18.9 Å². The van der Waals surface area contributed by atoms with Gasteiger partial charge in [0.2, 0.25) is 0 Å². The van der Waals surface area contributed by atoms with Crippen molar-refractivity contribution in [3.05, 3.63) is 12.3 Å². The number of amides is 1. The van der Waals surface area contributed by atoms with E-state index in [-0.39, 0.29) is 17.7 Å². The SMILES string of the molecule is C=C(/N=C(\C)[C@@H](C[C@@H](C(C)C)N(C)C(=O)OC(C)(C)C)OCC)C(=O)O. The summed E-state index contributed by atoms with van der Waals surface area (Å²) in [5.41, 5.74) is -0.306. The molecule has 1 N–H and O–H groups in total. The van der Waals surface area contributed by atoms with E-state index in [2.05, 4.69) is 11.6 Å². The van der Waals surface area contributed by atoms with Crippen LogP contribution < -0.4 is 0 Å². The predicted molar refractivity (Wildman–Crippen MR) is 103 cm³/mol. The molecule has 7 heteroatoms. The Balaban J connectivity index is 5.42. The van der Waals surface area contributed by atoms with Crippen molar-refractivity contribution in [1.82, 2.24) is 4.90 Å². The number of aliphatic carboxylic acids is 1. The lowest BCUT2D eigenvalue weighted by Gasteiger charge is -2.35. The van der Waals surface area contributed by atoms with Crippen molar-refractivity contribution in [2.75, 3.05) is 13.7 Å². The number of rotatable bonds is 9. The Morgan fingerprint density at radius 2 is 1.81 bits per heavy atom. The topological polar surface area (TPSA) is 88.4 Å². The molecular formula is C19H34N2O5. The predicted octanol–water partition coefficient (Wildman–Crippen LogP) is 3.73. The number of hydrogen-bond donors (Lipinski definition) is 1. The average molecular weight is 370 g/mol. The minimum absolute atomic E-state index is 0.144. The highest BCUT2D eigenvalue weighted by atomic mass is 16.6. The van der Waals surface area contributed by atoms with Gasteiger partial charge in [-0.25, -0.2) is 14.6 Å². The van der Waals surface area contributed by atoms with Gasteiger partial charge in [0.05, 0.1) is 6.10 Å². The van der Waals surface area contributed by atoms with E-state index in [4.69, 9.17) is 14.6 Å². The molecule has 0 aliphatic rings. The van der Waals surface area contributed by atoms with Crippen LogP contribution in [0.25, 0.3) is 0 Å². The fourth-order valence-corrected chi connectivity index (χ4v) is 2.46. The third-order valence-electron chi connectivity index (χ3n) is 3.80. The number of carbonyl (C=O) groups excluding carboxylic acids is 1. The van der Waals surface area contributed by atoms with Gasteiger partial charge in [0, 0.05) is 25.4 Å². The van der Waals surface area contributed by atoms with E-state index < -0.39 is 23.8 Å². The molecular weight excluding hydrogens is 336 g/mol. The summed E-state index contributed by atoms with van der Waals surface area (Å²) in [4.78, 5) is 29.0. The molecule has 0 unspecified atom stereocenters. The zero-order valence-electron chi connectivity index (χ0n) is 17.3. The molecule has 26 heavy (non-hydrogen) atoms. The van der Waals surface area contributed by atoms with Gasteiger partial charge >= 0.3 is 12.1 Å². The van der Waals surface area contributed by atoms with Crippen molar-refractivity contribution >= 4 is 17.8 Å². The van der Waals surface area contributed by atoms with Gasteiger partial charge in [0.1, 0.15) is 11.3 Å². The maximum Gasteiger partial charge on any atom is 0.410 e. The minimum Gasteiger partial charge on any atom is -0.477 e. The zero-order chi connectivity index (χ0) is 20.7. The van der Waals surface area contributed by atoms with Crippen molar-refractivity contribution < 1.29 is 24.2 Å². The first kappa shape index (κ1) is 24.1. The highest BCUT2D eigenvalue weighted by Gasteiger charge is 2.30. The summed E-state index contributed by atoms with van der Waals surface area (Å²) < 4.78 is 11.2. The summed E-state index contributed by atoms with van der Waals surface area (Å²) in [6, 6.07) is -0.162. The molecule has 0 heterocycles. The maximum atomic E-state index is 12.4. The highest BCUT2D eigenvalue weighted by Crippen LogP contribution is 2.21. The normalized spacial score (nSPS) is 14.7. The molecule has 2 atom stereocenters. The number of carbonyl (C=O) groups is 2. The van der Waals surface area contributed by atoms with Crippen molar-refractivity contribution in [1.29, 1.82) is 0 Å². The molecule has 0 rings (SSSR count). The maximum absolute atomic E-state index is 12.4. The third kappa shape index (κ3) is 8.47. The van der Waals surface area contributed by atoms with Gasteiger partial charge in [-0.15, -0.1) is 0 Å². The van der Waals surface area contributed by atoms with Crippen molar-refractivity contribution in [3.8, 4) is 0 Å². The fourth-order valence-electron chi connectivity index (χ4n) is 2.46. The Morgan fingerprint density at radius 3 is 2.19 bits per heavy atom. The molecule has 7 nitrogen and oxygen atoms in total. The van der Waals surface area contributed by atoms with Gasteiger partial charge in [-0.3, -0.25) is 0 Å². The van der Waals surface area contributed by atoms with Gasteiger partial charge in [0.15, 0.2) is 0 Å². The lowest BCUT2D eigenvalue weighted by molar-refractivity contribution is -0.132. The van der Waals surface area contributed by atoms with Crippen LogP contribution in [0.2, 0.25) is 0 Å². The van der Waals surface area contributed by atoms with Gasteiger partial charge in [-0.1, -0.05) is 20.4 Å². The second-order valence-corrected chi connectivity index (χ2v) is 7.59. The van der Waals surface area contributed by atoms with Crippen LogP contribution in [0.3, 0.4) is 0 Å². The molecule has 0 radical (unpaired) electrons. The number of hydrogen-bond acceptors (Lipinski definition) is 5. The molecule has 0 saturated heterocycles. The van der Waals surface area contributed by atoms with E-state index in [9.17, 15) is 9.59 Å². The Bertz CT molecular complexity index is 535. The summed E-state index contributed by atoms with van der Waals surface area (Å²) in [7, 11) is 1.70. The zero-order valence-corrected chi connectivity index (χ0v) is 17.3. The molecule has 150 valence electrons. The van der Waals surface area contributed by atoms with Gasteiger partial charge < -0.3 is 19.5 Å². The van der Waals surface area contributed by atoms with Crippen molar-refractivity contribution in [3.63, 3.8) is 0 Å². The van der Waals surface area contributed by atoms with E-state index in [1.165, 1.54) is 0 Å². The Hall–Kier alpha value is -1.89. The summed E-state index contributed by atoms with van der Waals surface area (Å²) in [5, 5.41) is 8.96. The molecule has 0 aromatic rings. The van der Waals surface area contributed by atoms with Crippen molar-refractivity contribution in [2.45, 2.75) is 72.6 Å². The highest BCUT2D eigenvalue weighted by molar-refractivity contribution is 5.93. The second kappa shape index (κ2) is 10.3. The molecule has 0 saturated carbocycles. The Labute approximate surface area is 157 Å². The van der Waals surface area contributed by atoms with Crippen LogP contribution >= 0.6 is 0 Å². The summed E-state index contributed by atoms with van der Waals surface area (Å²) in [5.74, 6) is -1.03. The van der Waals surface area contributed by atoms with Gasteiger partial charge in [-0.05, 0) is 47.0 Å². The van der Waals surface area contributed by atoms with E-state index >= 15 is 0 Å². The van der Waals surface area contributed by atoms with E-state index in [0.717, 1.165) is 0 Å². The molecule has 0 aromatic heterocycles. The first-order chi connectivity index (χ1) is 11.8. The largest absolute Gasteiger partial charge is 0.477 e. The molecule has 1 amide bonds. The van der Waals surface area contributed by atoms with Crippen LogP contribution in [-0.4, -0.2) is 59.2 Å². The number of ether oxygens (including phenoxy) is 2. The molecule has 0 aliphatic heterocycles. The van der Waals surface area contributed by atoms with Crippen LogP contribution in [0.4, 0.5) is 4.79 Å². The molecule has 0 spiro atoms. The third-order valence-corrected chi connectivity index (χ3v) is 3.80. The van der Waals surface area contributed by atoms with Crippen LogP contribution in [0.5, 0.6) is 0 Å². The lowest BCUT2D eigenvalue weighted by atomic mass is 9.95. The average Bonchev–Trinajstić information content (AvgIpc) is 2.48. The van der Waals surface area contributed by atoms with Crippen LogP contribution in [0.1, 0.15) is 54.9 Å². The molecule has 0 aromatic carbocycles. The quantitative estimate of drug-likeness (QED) is 0.493. The van der Waals surface area contributed by atoms with E-state index in [0.29, 0.717) is 18.7 Å². The first-order valence-corrected chi connectivity index (χ1v) is 8.84. The molecule has 0 fully saturated rings. The number of nitrogens with zero attached hydrogens (tertiary/aromatic N) is 2. The Morgan fingerprint density at radius 1 is 1.27 bits per heavy atom. The van der Waals surface area contributed by atoms with Crippen LogP contribution in [0.15, 0.2) is 17.3 Å².